The van der Waals surface area contributed by atoms with E-state index in [1.807, 2.05) is 19.1 Å². The molecular formula is C16H15BrN2O4. The van der Waals surface area contributed by atoms with E-state index in [0.29, 0.717) is 11.4 Å². The number of esters is 1. The number of benzene rings is 1. The van der Waals surface area contributed by atoms with Crippen LogP contribution in [0.15, 0.2) is 39.7 Å². The number of pyridine rings is 1. The molecule has 0 unspecified atom stereocenters. The summed E-state index contributed by atoms with van der Waals surface area (Å²) in [5.74, 6) is -1.34. The molecule has 2 rings (SSSR count). The lowest BCUT2D eigenvalue weighted by molar-refractivity contribution is -0.119. The highest BCUT2D eigenvalue weighted by molar-refractivity contribution is 9.10. The predicted octanol–water partition coefficient (Wildman–Crippen LogP) is 2.55. The summed E-state index contributed by atoms with van der Waals surface area (Å²) in [6.45, 7) is 3.15. The molecule has 0 aliphatic rings. The SMILES string of the molecule is Cc1ccc(NC(=O)COC(=O)c2c[nH]c(C)c(Br)c2=O)cc1. The normalized spacial score (nSPS) is 10.2. The third-order valence-electron chi connectivity index (χ3n) is 3.10. The summed E-state index contributed by atoms with van der Waals surface area (Å²) in [5.41, 5.74) is 1.63. The first-order valence-electron chi connectivity index (χ1n) is 6.80. The van der Waals surface area contributed by atoms with Crippen molar-refractivity contribution in [2.75, 3.05) is 11.9 Å². The molecule has 1 heterocycles. The van der Waals surface area contributed by atoms with Crippen LogP contribution in [0.5, 0.6) is 0 Å². The van der Waals surface area contributed by atoms with Crippen molar-refractivity contribution >= 4 is 33.5 Å². The van der Waals surface area contributed by atoms with Gasteiger partial charge < -0.3 is 15.0 Å². The van der Waals surface area contributed by atoms with Crippen LogP contribution in [0.3, 0.4) is 0 Å². The average molecular weight is 379 g/mol. The van der Waals surface area contributed by atoms with Crippen molar-refractivity contribution in [2.24, 2.45) is 0 Å². The van der Waals surface area contributed by atoms with E-state index in [0.717, 1.165) is 5.56 Å². The minimum absolute atomic E-state index is 0.161. The van der Waals surface area contributed by atoms with Crippen molar-refractivity contribution in [1.82, 2.24) is 4.98 Å². The minimum Gasteiger partial charge on any atom is -0.452 e. The molecule has 0 fully saturated rings. The quantitative estimate of drug-likeness (QED) is 0.800. The number of aryl methyl sites for hydroxylation is 2. The van der Waals surface area contributed by atoms with E-state index in [1.165, 1.54) is 6.20 Å². The topological polar surface area (TPSA) is 88.3 Å². The Kier molecular flexibility index (Phi) is 5.33. The van der Waals surface area contributed by atoms with Gasteiger partial charge in [-0.15, -0.1) is 0 Å². The smallest absolute Gasteiger partial charge is 0.344 e. The van der Waals surface area contributed by atoms with E-state index in [1.54, 1.807) is 19.1 Å². The molecule has 0 bridgehead atoms. The lowest BCUT2D eigenvalue weighted by Gasteiger charge is -2.07. The Morgan fingerprint density at radius 3 is 2.52 bits per heavy atom. The van der Waals surface area contributed by atoms with Crippen molar-refractivity contribution in [1.29, 1.82) is 0 Å². The van der Waals surface area contributed by atoms with Gasteiger partial charge in [-0.2, -0.15) is 0 Å². The third kappa shape index (κ3) is 4.29. The first-order chi connectivity index (χ1) is 10.9. The molecule has 0 saturated carbocycles. The van der Waals surface area contributed by atoms with Gasteiger partial charge in [0.05, 0.1) is 4.47 Å². The number of hydrogen-bond acceptors (Lipinski definition) is 4. The Morgan fingerprint density at radius 1 is 1.22 bits per heavy atom. The fourth-order valence-electron chi connectivity index (χ4n) is 1.79. The first kappa shape index (κ1) is 17.0. The summed E-state index contributed by atoms with van der Waals surface area (Å²) in [4.78, 5) is 38.3. The first-order valence-corrected chi connectivity index (χ1v) is 7.59. The van der Waals surface area contributed by atoms with Gasteiger partial charge in [-0.25, -0.2) is 4.79 Å². The molecule has 1 amide bonds. The van der Waals surface area contributed by atoms with Gasteiger partial charge in [0.25, 0.3) is 5.91 Å². The Balaban J connectivity index is 1.96. The Morgan fingerprint density at radius 2 is 1.87 bits per heavy atom. The lowest BCUT2D eigenvalue weighted by Crippen LogP contribution is -2.24. The number of amides is 1. The number of nitrogens with one attached hydrogen (secondary N) is 2. The van der Waals surface area contributed by atoms with Crippen molar-refractivity contribution in [3.63, 3.8) is 0 Å². The highest BCUT2D eigenvalue weighted by Crippen LogP contribution is 2.10. The Hall–Kier alpha value is -2.41. The van der Waals surface area contributed by atoms with Crippen molar-refractivity contribution in [2.45, 2.75) is 13.8 Å². The Bertz CT molecular complexity index is 797. The lowest BCUT2D eigenvalue weighted by atomic mass is 10.2. The number of H-pyrrole nitrogens is 1. The van der Waals surface area contributed by atoms with Crippen LogP contribution in [0.25, 0.3) is 0 Å². The van der Waals surface area contributed by atoms with E-state index < -0.39 is 23.9 Å². The van der Waals surface area contributed by atoms with Crippen LogP contribution in [-0.2, 0) is 9.53 Å². The molecule has 120 valence electrons. The van der Waals surface area contributed by atoms with Gasteiger partial charge >= 0.3 is 5.97 Å². The molecule has 0 radical (unpaired) electrons. The van der Waals surface area contributed by atoms with Gasteiger partial charge in [-0.05, 0) is 41.9 Å². The summed E-state index contributed by atoms with van der Waals surface area (Å²) in [5, 5.41) is 2.60. The molecule has 0 aliphatic carbocycles. The van der Waals surface area contributed by atoms with Gasteiger partial charge in [0.15, 0.2) is 6.61 Å². The molecule has 23 heavy (non-hydrogen) atoms. The van der Waals surface area contributed by atoms with Crippen LogP contribution in [0.2, 0.25) is 0 Å². The second-order valence-corrected chi connectivity index (χ2v) is 5.75. The molecule has 2 N–H and O–H groups in total. The van der Waals surface area contributed by atoms with Crippen LogP contribution in [0.4, 0.5) is 5.69 Å². The molecule has 0 atom stereocenters. The van der Waals surface area contributed by atoms with Gasteiger partial charge in [0, 0.05) is 17.6 Å². The molecule has 6 nitrogen and oxygen atoms in total. The largest absolute Gasteiger partial charge is 0.452 e. The second-order valence-electron chi connectivity index (χ2n) is 4.96. The molecule has 1 aromatic carbocycles. The van der Waals surface area contributed by atoms with E-state index >= 15 is 0 Å². The molecule has 0 aliphatic heterocycles. The number of rotatable bonds is 4. The van der Waals surface area contributed by atoms with Gasteiger partial charge in [0.1, 0.15) is 5.56 Å². The highest BCUT2D eigenvalue weighted by Gasteiger charge is 2.16. The van der Waals surface area contributed by atoms with Gasteiger partial charge in [-0.3, -0.25) is 9.59 Å². The zero-order chi connectivity index (χ0) is 17.0. The third-order valence-corrected chi connectivity index (χ3v) is 4.05. The summed E-state index contributed by atoms with van der Waals surface area (Å²) >= 11 is 3.10. The van der Waals surface area contributed by atoms with Crippen molar-refractivity contribution < 1.29 is 14.3 Å². The van der Waals surface area contributed by atoms with Gasteiger partial charge in [0.2, 0.25) is 5.43 Å². The van der Waals surface area contributed by atoms with Crippen LogP contribution in [0, 0.1) is 13.8 Å². The van der Waals surface area contributed by atoms with Crippen LogP contribution in [-0.4, -0.2) is 23.5 Å². The van der Waals surface area contributed by atoms with Crippen LogP contribution < -0.4 is 10.7 Å². The molecular weight excluding hydrogens is 364 g/mol. The summed E-state index contributed by atoms with van der Waals surface area (Å²) in [6, 6.07) is 7.20. The number of ether oxygens (including phenoxy) is 1. The predicted molar refractivity (Wildman–Crippen MR) is 89.6 cm³/mol. The van der Waals surface area contributed by atoms with Crippen molar-refractivity contribution in [3.8, 4) is 0 Å². The number of carbonyl (C=O) groups is 2. The van der Waals surface area contributed by atoms with Crippen LogP contribution >= 0.6 is 15.9 Å². The fraction of sp³-hybridized carbons (Fsp3) is 0.188. The maximum atomic E-state index is 11.9. The molecule has 1 aromatic heterocycles. The maximum absolute atomic E-state index is 11.9. The van der Waals surface area contributed by atoms with Crippen molar-refractivity contribution in [3.05, 3.63) is 62.0 Å². The zero-order valence-corrected chi connectivity index (χ0v) is 14.2. The summed E-state index contributed by atoms with van der Waals surface area (Å²) in [7, 11) is 0. The number of aromatic nitrogens is 1. The van der Waals surface area contributed by atoms with E-state index in [4.69, 9.17) is 4.74 Å². The van der Waals surface area contributed by atoms with E-state index in [9.17, 15) is 14.4 Å². The monoisotopic (exact) mass is 378 g/mol. The Labute approximate surface area is 141 Å². The van der Waals surface area contributed by atoms with Crippen LogP contribution in [0.1, 0.15) is 21.6 Å². The number of carbonyl (C=O) groups excluding carboxylic acids is 2. The molecule has 2 aromatic rings. The minimum atomic E-state index is -0.856. The van der Waals surface area contributed by atoms with E-state index in [2.05, 4.69) is 26.2 Å². The fourth-order valence-corrected chi connectivity index (χ4v) is 2.12. The number of hydrogen-bond donors (Lipinski definition) is 2. The number of halogens is 1. The zero-order valence-electron chi connectivity index (χ0n) is 12.6. The van der Waals surface area contributed by atoms with Gasteiger partial charge in [-0.1, -0.05) is 17.7 Å². The average Bonchev–Trinajstić information content (AvgIpc) is 2.53. The maximum Gasteiger partial charge on any atom is 0.344 e. The molecule has 7 heteroatoms. The summed E-state index contributed by atoms with van der Waals surface area (Å²) in [6.07, 6.45) is 1.27. The molecule has 0 saturated heterocycles. The summed E-state index contributed by atoms with van der Waals surface area (Å²) < 4.78 is 5.13. The van der Waals surface area contributed by atoms with E-state index in [-0.39, 0.29) is 10.0 Å². The second kappa shape index (κ2) is 7.23. The number of anilines is 1. The number of aromatic amines is 1. The standard InChI is InChI=1S/C16H15BrN2O4/c1-9-3-5-11(6-4-9)19-13(20)8-23-16(22)12-7-18-10(2)14(17)15(12)21/h3-7H,8H2,1-2H3,(H,18,21)(H,19,20). The molecule has 0 spiro atoms. The highest BCUT2D eigenvalue weighted by atomic mass is 79.9.